The number of likely N-dealkylation sites (tertiary alicyclic amines) is 1. The SMILES string of the molecule is CC(O)C1CCN(Cc2cncn2C)C1. The maximum Gasteiger partial charge on any atom is 0.0945 e. The standard InChI is InChI=1S/C11H19N3O/c1-9(15)10-3-4-14(6-10)7-11-5-12-8-13(11)2/h5,8-10,15H,3-4,6-7H2,1-2H3. The largest absolute Gasteiger partial charge is 0.393 e. The molecular weight excluding hydrogens is 190 g/mol. The lowest BCUT2D eigenvalue weighted by Gasteiger charge is -2.17. The van der Waals surface area contributed by atoms with E-state index >= 15 is 0 Å². The summed E-state index contributed by atoms with van der Waals surface area (Å²) in [6, 6.07) is 0. The molecule has 1 aliphatic heterocycles. The van der Waals surface area contributed by atoms with Crippen molar-refractivity contribution in [2.45, 2.75) is 26.0 Å². The minimum absolute atomic E-state index is 0.179. The van der Waals surface area contributed by atoms with E-state index in [2.05, 4.69) is 14.5 Å². The lowest BCUT2D eigenvalue weighted by Crippen LogP contribution is -2.24. The minimum Gasteiger partial charge on any atom is -0.393 e. The monoisotopic (exact) mass is 209 g/mol. The van der Waals surface area contributed by atoms with Crippen LogP contribution in [0.15, 0.2) is 12.5 Å². The molecule has 4 heteroatoms. The lowest BCUT2D eigenvalue weighted by atomic mass is 10.0. The molecule has 15 heavy (non-hydrogen) atoms. The Morgan fingerprint density at radius 1 is 1.67 bits per heavy atom. The van der Waals surface area contributed by atoms with Gasteiger partial charge in [-0.2, -0.15) is 0 Å². The number of hydrogen-bond donors (Lipinski definition) is 1. The van der Waals surface area contributed by atoms with Gasteiger partial charge in [-0.1, -0.05) is 0 Å². The van der Waals surface area contributed by atoms with Crippen molar-refractivity contribution in [3.8, 4) is 0 Å². The summed E-state index contributed by atoms with van der Waals surface area (Å²) in [4.78, 5) is 6.49. The second-order valence-corrected chi connectivity index (χ2v) is 4.52. The Hall–Kier alpha value is -0.870. The van der Waals surface area contributed by atoms with Gasteiger partial charge >= 0.3 is 0 Å². The van der Waals surface area contributed by atoms with Gasteiger partial charge in [0, 0.05) is 26.3 Å². The van der Waals surface area contributed by atoms with Gasteiger partial charge in [0.1, 0.15) is 0 Å². The van der Waals surface area contributed by atoms with Crippen LogP contribution in [-0.2, 0) is 13.6 Å². The highest BCUT2D eigenvalue weighted by atomic mass is 16.3. The number of aliphatic hydroxyl groups excluding tert-OH is 1. The fraction of sp³-hybridized carbons (Fsp3) is 0.727. The average molecular weight is 209 g/mol. The van der Waals surface area contributed by atoms with Crippen LogP contribution in [0.1, 0.15) is 19.0 Å². The first-order valence-electron chi connectivity index (χ1n) is 5.52. The molecule has 4 nitrogen and oxygen atoms in total. The molecule has 2 atom stereocenters. The van der Waals surface area contributed by atoms with Gasteiger partial charge in [-0.25, -0.2) is 4.98 Å². The van der Waals surface area contributed by atoms with Crippen LogP contribution >= 0.6 is 0 Å². The molecule has 0 radical (unpaired) electrons. The van der Waals surface area contributed by atoms with Gasteiger partial charge < -0.3 is 9.67 Å². The lowest BCUT2D eigenvalue weighted by molar-refractivity contribution is 0.127. The van der Waals surface area contributed by atoms with Crippen LogP contribution in [0.25, 0.3) is 0 Å². The number of rotatable bonds is 3. The summed E-state index contributed by atoms with van der Waals surface area (Å²) in [6.07, 6.45) is 4.67. The third-order valence-electron chi connectivity index (χ3n) is 3.29. The quantitative estimate of drug-likeness (QED) is 0.793. The molecule has 0 spiro atoms. The van der Waals surface area contributed by atoms with E-state index in [1.165, 1.54) is 5.69 Å². The molecule has 2 unspecified atom stereocenters. The molecule has 2 heterocycles. The van der Waals surface area contributed by atoms with Crippen molar-refractivity contribution >= 4 is 0 Å². The van der Waals surface area contributed by atoms with Gasteiger partial charge in [0.2, 0.25) is 0 Å². The summed E-state index contributed by atoms with van der Waals surface area (Å²) in [5, 5.41) is 9.51. The summed E-state index contributed by atoms with van der Waals surface area (Å²) in [5.74, 6) is 0.443. The van der Waals surface area contributed by atoms with E-state index in [1.54, 1.807) is 0 Å². The number of aromatic nitrogens is 2. The molecular formula is C11H19N3O. The molecule has 0 bridgehead atoms. The molecule has 0 aromatic carbocycles. The molecule has 1 fully saturated rings. The zero-order valence-corrected chi connectivity index (χ0v) is 9.43. The predicted molar refractivity (Wildman–Crippen MR) is 58.3 cm³/mol. The normalized spacial score (nSPS) is 24.6. The Bertz CT molecular complexity index is 321. The third kappa shape index (κ3) is 2.38. The fourth-order valence-corrected chi connectivity index (χ4v) is 2.17. The maximum absolute atomic E-state index is 9.51. The Morgan fingerprint density at radius 2 is 2.47 bits per heavy atom. The molecule has 1 saturated heterocycles. The molecule has 0 saturated carbocycles. The van der Waals surface area contributed by atoms with E-state index in [-0.39, 0.29) is 6.10 Å². The Balaban J connectivity index is 1.90. The van der Waals surface area contributed by atoms with Gasteiger partial charge in [-0.3, -0.25) is 4.90 Å². The van der Waals surface area contributed by atoms with E-state index in [0.29, 0.717) is 5.92 Å². The van der Waals surface area contributed by atoms with Crippen molar-refractivity contribution in [3.63, 3.8) is 0 Å². The fourth-order valence-electron chi connectivity index (χ4n) is 2.17. The maximum atomic E-state index is 9.51. The van der Waals surface area contributed by atoms with E-state index < -0.39 is 0 Å². The molecule has 2 rings (SSSR count). The van der Waals surface area contributed by atoms with Crippen molar-refractivity contribution < 1.29 is 5.11 Å². The molecule has 0 aliphatic carbocycles. The highest BCUT2D eigenvalue weighted by Crippen LogP contribution is 2.21. The van der Waals surface area contributed by atoms with Crippen molar-refractivity contribution in [2.24, 2.45) is 13.0 Å². The number of nitrogens with zero attached hydrogens (tertiary/aromatic N) is 3. The van der Waals surface area contributed by atoms with Gasteiger partial charge in [-0.05, 0) is 25.8 Å². The second kappa shape index (κ2) is 4.33. The van der Waals surface area contributed by atoms with Crippen LogP contribution in [0.2, 0.25) is 0 Å². The predicted octanol–water partition coefficient (Wildman–Crippen LogP) is 0.623. The Kier molecular flexibility index (Phi) is 3.07. The van der Waals surface area contributed by atoms with Crippen molar-refractivity contribution in [1.29, 1.82) is 0 Å². The first kappa shape index (κ1) is 10.6. The number of imidazole rings is 1. The van der Waals surface area contributed by atoms with Crippen LogP contribution in [0.4, 0.5) is 0 Å². The van der Waals surface area contributed by atoms with Gasteiger partial charge in [0.15, 0.2) is 0 Å². The number of aliphatic hydroxyl groups is 1. The first-order chi connectivity index (χ1) is 7.16. The average Bonchev–Trinajstić information content (AvgIpc) is 2.77. The van der Waals surface area contributed by atoms with E-state index in [0.717, 1.165) is 26.1 Å². The number of hydrogen-bond acceptors (Lipinski definition) is 3. The van der Waals surface area contributed by atoms with Gasteiger partial charge in [0.25, 0.3) is 0 Å². The van der Waals surface area contributed by atoms with Gasteiger partial charge in [-0.15, -0.1) is 0 Å². The summed E-state index contributed by atoms with van der Waals surface area (Å²) < 4.78 is 2.05. The van der Waals surface area contributed by atoms with Crippen molar-refractivity contribution in [2.75, 3.05) is 13.1 Å². The van der Waals surface area contributed by atoms with Crippen LogP contribution in [-0.4, -0.2) is 38.8 Å². The zero-order valence-electron chi connectivity index (χ0n) is 9.43. The Morgan fingerprint density at radius 3 is 3.00 bits per heavy atom. The molecule has 1 N–H and O–H groups in total. The zero-order chi connectivity index (χ0) is 10.8. The van der Waals surface area contributed by atoms with Gasteiger partial charge in [0.05, 0.1) is 18.1 Å². The highest BCUT2D eigenvalue weighted by Gasteiger charge is 2.26. The molecule has 1 aromatic rings. The highest BCUT2D eigenvalue weighted by molar-refractivity contribution is 4.98. The molecule has 1 aliphatic rings. The summed E-state index contributed by atoms with van der Waals surface area (Å²) in [7, 11) is 2.02. The topological polar surface area (TPSA) is 41.3 Å². The van der Waals surface area contributed by atoms with Crippen LogP contribution < -0.4 is 0 Å². The van der Waals surface area contributed by atoms with Crippen LogP contribution in [0, 0.1) is 5.92 Å². The summed E-state index contributed by atoms with van der Waals surface area (Å²) >= 11 is 0. The van der Waals surface area contributed by atoms with Crippen molar-refractivity contribution in [3.05, 3.63) is 18.2 Å². The number of aryl methyl sites for hydroxylation is 1. The molecule has 0 amide bonds. The van der Waals surface area contributed by atoms with Crippen molar-refractivity contribution in [1.82, 2.24) is 14.5 Å². The Labute approximate surface area is 90.5 Å². The van der Waals surface area contributed by atoms with E-state index in [1.807, 2.05) is 26.5 Å². The summed E-state index contributed by atoms with van der Waals surface area (Å²) in [5.41, 5.74) is 1.24. The second-order valence-electron chi connectivity index (χ2n) is 4.52. The first-order valence-corrected chi connectivity index (χ1v) is 5.52. The molecule has 84 valence electrons. The van der Waals surface area contributed by atoms with Crippen LogP contribution in [0.3, 0.4) is 0 Å². The minimum atomic E-state index is -0.179. The van der Waals surface area contributed by atoms with E-state index in [9.17, 15) is 5.11 Å². The van der Waals surface area contributed by atoms with E-state index in [4.69, 9.17) is 0 Å². The molecule has 1 aromatic heterocycles. The van der Waals surface area contributed by atoms with Crippen LogP contribution in [0.5, 0.6) is 0 Å². The third-order valence-corrected chi connectivity index (χ3v) is 3.29. The smallest absolute Gasteiger partial charge is 0.0945 e. The summed E-state index contributed by atoms with van der Waals surface area (Å²) in [6.45, 7) is 4.92.